The maximum absolute atomic E-state index is 11.5. The Morgan fingerprint density at radius 2 is 2.10 bits per heavy atom. The average Bonchev–Trinajstić information content (AvgIpc) is 2.45. The van der Waals surface area contributed by atoms with Crippen LogP contribution in [0.15, 0.2) is 12.3 Å². The van der Waals surface area contributed by atoms with Crippen molar-refractivity contribution in [1.82, 2.24) is 4.98 Å². The number of nitrogens with one attached hydrogen (secondary N) is 1. The first-order valence-corrected chi connectivity index (χ1v) is 6.55. The van der Waals surface area contributed by atoms with Crippen molar-refractivity contribution in [2.24, 2.45) is 0 Å². The van der Waals surface area contributed by atoms with Crippen LogP contribution in [-0.4, -0.2) is 30.8 Å². The lowest BCUT2D eigenvalue weighted by Crippen LogP contribution is -2.17. The molecule has 1 N–H and O–H groups in total. The second-order valence-electron chi connectivity index (χ2n) is 4.30. The molecule has 0 aliphatic heterocycles. The average molecular weight is 280 g/mol. The predicted molar refractivity (Wildman–Crippen MR) is 74.9 cm³/mol. The molecule has 0 saturated heterocycles. The number of methoxy groups -OCH3 is 1. The van der Waals surface area contributed by atoms with E-state index in [0.29, 0.717) is 11.4 Å². The van der Waals surface area contributed by atoms with Crippen molar-refractivity contribution in [3.05, 3.63) is 23.5 Å². The molecule has 0 aliphatic rings. The highest BCUT2D eigenvalue weighted by Gasteiger charge is 2.17. The largest absolute Gasteiger partial charge is 0.465 e. The molecule has 0 spiro atoms. The van der Waals surface area contributed by atoms with Crippen LogP contribution in [-0.2, 0) is 9.47 Å². The second kappa shape index (κ2) is 7.47. The zero-order valence-corrected chi connectivity index (χ0v) is 12.2. The molecule has 0 aromatic carbocycles. The molecule has 1 unspecified atom stereocenters. The van der Waals surface area contributed by atoms with E-state index in [2.05, 4.69) is 15.0 Å². The molecular formula is C14H20N2O4. The summed E-state index contributed by atoms with van der Waals surface area (Å²) in [4.78, 5) is 27.3. The van der Waals surface area contributed by atoms with E-state index in [4.69, 9.17) is 4.74 Å². The van der Waals surface area contributed by atoms with E-state index in [1.165, 1.54) is 13.3 Å². The Balaban J connectivity index is 3.12. The van der Waals surface area contributed by atoms with Crippen molar-refractivity contribution in [2.75, 3.05) is 19.0 Å². The summed E-state index contributed by atoms with van der Waals surface area (Å²) >= 11 is 0. The van der Waals surface area contributed by atoms with E-state index in [1.807, 2.05) is 13.8 Å². The number of hydrogen-bond donors (Lipinski definition) is 1. The van der Waals surface area contributed by atoms with Gasteiger partial charge in [0.25, 0.3) is 0 Å². The van der Waals surface area contributed by atoms with Gasteiger partial charge in [0.2, 0.25) is 0 Å². The topological polar surface area (TPSA) is 77.5 Å². The van der Waals surface area contributed by atoms with Gasteiger partial charge in [-0.3, -0.25) is 10.3 Å². The number of amides is 1. The van der Waals surface area contributed by atoms with Crippen LogP contribution in [0.2, 0.25) is 0 Å². The van der Waals surface area contributed by atoms with E-state index in [1.54, 1.807) is 13.0 Å². The summed E-state index contributed by atoms with van der Waals surface area (Å²) < 4.78 is 9.49. The summed E-state index contributed by atoms with van der Waals surface area (Å²) in [6, 6.07) is 1.55. The van der Waals surface area contributed by atoms with Gasteiger partial charge < -0.3 is 9.47 Å². The number of anilines is 1. The third-order valence-corrected chi connectivity index (χ3v) is 2.93. The number of rotatable bonds is 5. The van der Waals surface area contributed by atoms with E-state index in [0.717, 1.165) is 6.42 Å². The highest BCUT2D eigenvalue weighted by Crippen LogP contribution is 2.26. The number of hydrogen-bond acceptors (Lipinski definition) is 5. The SMILES string of the molecule is CCOC(=O)Nc1cc(C(=O)OC)cnc1C(C)CC. The minimum Gasteiger partial charge on any atom is -0.465 e. The molecule has 1 rings (SSSR count). The van der Waals surface area contributed by atoms with Gasteiger partial charge in [0.15, 0.2) is 0 Å². The third-order valence-electron chi connectivity index (χ3n) is 2.93. The van der Waals surface area contributed by atoms with Gasteiger partial charge in [-0.05, 0) is 19.4 Å². The molecule has 1 amide bonds. The lowest BCUT2D eigenvalue weighted by atomic mass is 10.0. The van der Waals surface area contributed by atoms with Crippen LogP contribution in [0.5, 0.6) is 0 Å². The summed E-state index contributed by atoms with van der Waals surface area (Å²) in [5.41, 5.74) is 1.47. The van der Waals surface area contributed by atoms with Gasteiger partial charge in [-0.25, -0.2) is 9.59 Å². The van der Waals surface area contributed by atoms with Gasteiger partial charge in [0.1, 0.15) is 0 Å². The van der Waals surface area contributed by atoms with Gasteiger partial charge >= 0.3 is 12.1 Å². The molecule has 6 heteroatoms. The first-order valence-electron chi connectivity index (χ1n) is 6.55. The Morgan fingerprint density at radius 1 is 1.40 bits per heavy atom. The second-order valence-corrected chi connectivity index (χ2v) is 4.30. The first kappa shape index (κ1) is 15.9. The minimum atomic E-state index is -0.569. The van der Waals surface area contributed by atoms with Crippen LogP contribution in [0.4, 0.5) is 10.5 Å². The minimum absolute atomic E-state index is 0.152. The molecule has 1 atom stereocenters. The number of carbonyl (C=O) groups is 2. The number of esters is 1. The van der Waals surface area contributed by atoms with Crippen LogP contribution in [0.3, 0.4) is 0 Å². The van der Waals surface area contributed by atoms with Crippen molar-refractivity contribution in [3.8, 4) is 0 Å². The Labute approximate surface area is 118 Å². The predicted octanol–water partition coefficient (Wildman–Crippen LogP) is 2.95. The molecule has 110 valence electrons. The van der Waals surface area contributed by atoms with Crippen molar-refractivity contribution < 1.29 is 19.1 Å². The van der Waals surface area contributed by atoms with E-state index in [-0.39, 0.29) is 18.1 Å². The van der Waals surface area contributed by atoms with Gasteiger partial charge in [-0.15, -0.1) is 0 Å². The molecule has 6 nitrogen and oxygen atoms in total. The summed E-state index contributed by atoms with van der Waals surface area (Å²) in [5, 5.41) is 2.61. The summed E-state index contributed by atoms with van der Waals surface area (Å²) in [7, 11) is 1.30. The van der Waals surface area contributed by atoms with E-state index in [9.17, 15) is 9.59 Å². The van der Waals surface area contributed by atoms with Crippen LogP contribution in [0.25, 0.3) is 0 Å². The van der Waals surface area contributed by atoms with E-state index < -0.39 is 12.1 Å². The highest BCUT2D eigenvalue weighted by molar-refractivity contribution is 5.92. The smallest absolute Gasteiger partial charge is 0.411 e. The number of carbonyl (C=O) groups excluding carboxylic acids is 2. The number of aromatic nitrogens is 1. The molecule has 0 bridgehead atoms. The maximum atomic E-state index is 11.5. The molecule has 0 fully saturated rings. The molecule has 1 aromatic rings. The molecule has 20 heavy (non-hydrogen) atoms. The summed E-state index contributed by atoms with van der Waals surface area (Å²) in [5.74, 6) is -0.348. The maximum Gasteiger partial charge on any atom is 0.411 e. The number of pyridine rings is 1. The van der Waals surface area contributed by atoms with Gasteiger partial charge in [-0.1, -0.05) is 13.8 Å². The molecule has 0 aliphatic carbocycles. The van der Waals surface area contributed by atoms with Crippen molar-refractivity contribution in [3.63, 3.8) is 0 Å². The lowest BCUT2D eigenvalue weighted by Gasteiger charge is -2.15. The monoisotopic (exact) mass is 280 g/mol. The normalized spacial score (nSPS) is 11.6. The van der Waals surface area contributed by atoms with Crippen LogP contribution < -0.4 is 5.32 Å². The van der Waals surface area contributed by atoms with Crippen LogP contribution in [0.1, 0.15) is 49.2 Å². The first-order chi connectivity index (χ1) is 9.53. The lowest BCUT2D eigenvalue weighted by molar-refractivity contribution is 0.0600. The zero-order chi connectivity index (χ0) is 15.1. The summed E-state index contributed by atoms with van der Waals surface area (Å²) in [6.07, 6.45) is 1.74. The highest BCUT2D eigenvalue weighted by atomic mass is 16.5. The standard InChI is InChI=1S/C14H20N2O4/c1-5-9(3)12-11(16-14(18)20-6-2)7-10(8-15-12)13(17)19-4/h7-9H,5-6H2,1-4H3,(H,16,18). The van der Waals surface area contributed by atoms with Gasteiger partial charge in [0.05, 0.1) is 30.7 Å². The third kappa shape index (κ3) is 3.94. The fraction of sp³-hybridized carbons (Fsp3) is 0.500. The quantitative estimate of drug-likeness (QED) is 0.839. The van der Waals surface area contributed by atoms with Crippen molar-refractivity contribution >= 4 is 17.7 Å². The fourth-order valence-corrected chi connectivity index (χ4v) is 1.67. The van der Waals surface area contributed by atoms with Crippen LogP contribution in [0, 0.1) is 0 Å². The Morgan fingerprint density at radius 3 is 2.65 bits per heavy atom. The van der Waals surface area contributed by atoms with Gasteiger partial charge in [0, 0.05) is 12.1 Å². The zero-order valence-electron chi connectivity index (χ0n) is 12.2. The van der Waals surface area contributed by atoms with Gasteiger partial charge in [-0.2, -0.15) is 0 Å². The molecule has 1 heterocycles. The molecule has 0 saturated carbocycles. The molecule has 0 radical (unpaired) electrons. The van der Waals surface area contributed by atoms with Crippen molar-refractivity contribution in [2.45, 2.75) is 33.1 Å². The number of ether oxygens (including phenoxy) is 2. The fourth-order valence-electron chi connectivity index (χ4n) is 1.67. The Bertz CT molecular complexity index is 488. The van der Waals surface area contributed by atoms with Crippen LogP contribution >= 0.6 is 0 Å². The van der Waals surface area contributed by atoms with Crippen molar-refractivity contribution in [1.29, 1.82) is 0 Å². The molecule has 1 aromatic heterocycles. The summed E-state index contributed by atoms with van der Waals surface area (Å²) in [6.45, 7) is 6.01. The number of nitrogens with zero attached hydrogens (tertiary/aromatic N) is 1. The Kier molecular flexibility index (Phi) is 5.96. The Hall–Kier alpha value is -2.11. The molecular weight excluding hydrogens is 260 g/mol. The van der Waals surface area contributed by atoms with E-state index >= 15 is 0 Å².